The molecular formula is C19H19NO3. The van der Waals surface area contributed by atoms with E-state index in [1.54, 1.807) is 24.3 Å². The van der Waals surface area contributed by atoms with Crippen LogP contribution in [0.1, 0.15) is 15.9 Å². The third kappa shape index (κ3) is 5.50. The number of terminal acetylenes is 1. The van der Waals surface area contributed by atoms with Gasteiger partial charge in [0.05, 0.1) is 6.10 Å². The third-order valence-corrected chi connectivity index (χ3v) is 3.25. The molecule has 2 rings (SSSR count). The molecule has 2 N–H and O–H groups in total. The van der Waals surface area contributed by atoms with Crippen molar-refractivity contribution >= 4 is 5.91 Å². The van der Waals surface area contributed by atoms with Crippen LogP contribution in [0.5, 0.6) is 5.75 Å². The maximum atomic E-state index is 12.0. The van der Waals surface area contributed by atoms with Crippen LogP contribution in [-0.2, 0) is 6.42 Å². The van der Waals surface area contributed by atoms with Crippen LogP contribution >= 0.6 is 0 Å². The molecule has 0 saturated heterocycles. The van der Waals surface area contributed by atoms with Gasteiger partial charge in [-0.2, -0.15) is 0 Å². The SMILES string of the molecule is C#CCOc1ccc(C(=O)NCC(O)Cc2ccccc2)cc1. The zero-order chi connectivity index (χ0) is 16.5. The normalized spacial score (nSPS) is 11.3. The fourth-order valence-corrected chi connectivity index (χ4v) is 2.10. The van der Waals surface area contributed by atoms with Crippen molar-refractivity contribution in [2.24, 2.45) is 0 Å². The molecule has 118 valence electrons. The van der Waals surface area contributed by atoms with Gasteiger partial charge in [-0.1, -0.05) is 36.3 Å². The fourth-order valence-electron chi connectivity index (χ4n) is 2.10. The second-order valence-corrected chi connectivity index (χ2v) is 5.07. The molecule has 2 aromatic carbocycles. The predicted molar refractivity (Wildman–Crippen MR) is 89.3 cm³/mol. The minimum atomic E-state index is -0.625. The van der Waals surface area contributed by atoms with Gasteiger partial charge in [-0.05, 0) is 29.8 Å². The number of benzene rings is 2. The first kappa shape index (κ1) is 16.6. The van der Waals surface area contributed by atoms with E-state index in [1.165, 1.54) is 0 Å². The van der Waals surface area contributed by atoms with E-state index in [0.29, 0.717) is 17.7 Å². The molecule has 0 spiro atoms. The molecule has 2 aromatic rings. The van der Waals surface area contributed by atoms with Crippen LogP contribution in [0, 0.1) is 12.3 Å². The van der Waals surface area contributed by atoms with Gasteiger partial charge in [0.25, 0.3) is 5.91 Å². The minimum Gasteiger partial charge on any atom is -0.481 e. The Kier molecular flexibility index (Phi) is 6.22. The molecule has 0 aliphatic heterocycles. The van der Waals surface area contributed by atoms with Crippen molar-refractivity contribution < 1.29 is 14.6 Å². The average molecular weight is 309 g/mol. The summed E-state index contributed by atoms with van der Waals surface area (Å²) >= 11 is 0. The smallest absolute Gasteiger partial charge is 0.251 e. The van der Waals surface area contributed by atoms with Gasteiger partial charge in [0, 0.05) is 18.5 Å². The maximum Gasteiger partial charge on any atom is 0.251 e. The summed E-state index contributed by atoms with van der Waals surface area (Å²) in [6, 6.07) is 16.3. The van der Waals surface area contributed by atoms with Gasteiger partial charge in [0.15, 0.2) is 0 Å². The molecule has 0 radical (unpaired) electrons. The Bertz CT molecular complexity index is 659. The predicted octanol–water partition coefficient (Wildman–Crippen LogP) is 2.03. The quantitative estimate of drug-likeness (QED) is 0.770. The van der Waals surface area contributed by atoms with Crippen LogP contribution in [-0.4, -0.2) is 30.3 Å². The van der Waals surface area contributed by atoms with E-state index in [0.717, 1.165) is 5.56 Å². The lowest BCUT2D eigenvalue weighted by atomic mass is 10.1. The van der Waals surface area contributed by atoms with Crippen LogP contribution in [0.2, 0.25) is 0 Å². The van der Waals surface area contributed by atoms with Gasteiger partial charge in [0.1, 0.15) is 12.4 Å². The molecule has 4 heteroatoms. The molecular weight excluding hydrogens is 290 g/mol. The Morgan fingerprint density at radius 3 is 2.52 bits per heavy atom. The minimum absolute atomic E-state index is 0.192. The van der Waals surface area contributed by atoms with Gasteiger partial charge < -0.3 is 15.2 Å². The lowest BCUT2D eigenvalue weighted by Crippen LogP contribution is -2.33. The first-order valence-electron chi connectivity index (χ1n) is 7.35. The fraction of sp³-hybridized carbons (Fsp3) is 0.211. The van der Waals surface area contributed by atoms with E-state index in [1.807, 2.05) is 30.3 Å². The second-order valence-electron chi connectivity index (χ2n) is 5.07. The number of ether oxygens (including phenoxy) is 1. The van der Waals surface area contributed by atoms with Crippen molar-refractivity contribution in [2.75, 3.05) is 13.2 Å². The van der Waals surface area contributed by atoms with E-state index in [2.05, 4.69) is 11.2 Å². The number of aliphatic hydroxyl groups is 1. The maximum absolute atomic E-state index is 12.0. The largest absolute Gasteiger partial charge is 0.481 e. The van der Waals surface area contributed by atoms with E-state index >= 15 is 0 Å². The highest BCUT2D eigenvalue weighted by atomic mass is 16.5. The molecule has 0 saturated carbocycles. The Morgan fingerprint density at radius 2 is 1.87 bits per heavy atom. The van der Waals surface area contributed by atoms with Gasteiger partial charge in [0.2, 0.25) is 0 Å². The molecule has 0 fully saturated rings. The number of rotatable bonds is 7. The van der Waals surface area contributed by atoms with E-state index in [4.69, 9.17) is 11.2 Å². The van der Waals surface area contributed by atoms with Gasteiger partial charge in [-0.25, -0.2) is 0 Å². The van der Waals surface area contributed by atoms with E-state index < -0.39 is 6.10 Å². The number of nitrogens with one attached hydrogen (secondary N) is 1. The van der Waals surface area contributed by atoms with Crippen molar-refractivity contribution in [3.05, 3.63) is 65.7 Å². The van der Waals surface area contributed by atoms with Gasteiger partial charge in [-0.15, -0.1) is 6.42 Å². The molecule has 4 nitrogen and oxygen atoms in total. The van der Waals surface area contributed by atoms with Crippen molar-refractivity contribution in [3.8, 4) is 18.1 Å². The van der Waals surface area contributed by atoms with E-state index in [9.17, 15) is 9.90 Å². The molecule has 1 amide bonds. The molecule has 0 aromatic heterocycles. The van der Waals surface area contributed by atoms with Crippen LogP contribution < -0.4 is 10.1 Å². The highest BCUT2D eigenvalue weighted by Crippen LogP contribution is 2.12. The second kappa shape index (κ2) is 8.62. The highest BCUT2D eigenvalue weighted by Gasteiger charge is 2.10. The molecule has 23 heavy (non-hydrogen) atoms. The average Bonchev–Trinajstić information content (AvgIpc) is 2.59. The summed E-state index contributed by atoms with van der Waals surface area (Å²) in [4.78, 5) is 12.0. The van der Waals surface area contributed by atoms with Crippen LogP contribution in [0.25, 0.3) is 0 Å². The molecule has 1 unspecified atom stereocenters. The Hall–Kier alpha value is -2.77. The number of carbonyl (C=O) groups excluding carboxylic acids is 1. The number of amides is 1. The summed E-state index contributed by atoms with van der Waals surface area (Å²) in [5.41, 5.74) is 1.54. The van der Waals surface area contributed by atoms with Crippen molar-refractivity contribution in [1.29, 1.82) is 0 Å². The highest BCUT2D eigenvalue weighted by molar-refractivity contribution is 5.94. The monoisotopic (exact) mass is 309 g/mol. The van der Waals surface area contributed by atoms with Crippen LogP contribution in [0.4, 0.5) is 0 Å². The van der Waals surface area contributed by atoms with E-state index in [-0.39, 0.29) is 19.1 Å². The summed E-state index contributed by atoms with van der Waals surface area (Å²) in [6.45, 7) is 0.389. The topological polar surface area (TPSA) is 58.6 Å². The van der Waals surface area contributed by atoms with Crippen molar-refractivity contribution in [2.45, 2.75) is 12.5 Å². The molecule has 0 bridgehead atoms. The Morgan fingerprint density at radius 1 is 1.17 bits per heavy atom. The molecule has 0 aliphatic carbocycles. The summed E-state index contributed by atoms with van der Waals surface area (Å²) in [6.07, 6.45) is 4.99. The van der Waals surface area contributed by atoms with Gasteiger partial charge in [-0.3, -0.25) is 4.79 Å². The summed E-state index contributed by atoms with van der Waals surface area (Å²) < 4.78 is 5.25. The number of carbonyl (C=O) groups is 1. The summed E-state index contributed by atoms with van der Waals surface area (Å²) in [5, 5.41) is 12.7. The number of aliphatic hydroxyl groups excluding tert-OH is 1. The number of hydrogen-bond acceptors (Lipinski definition) is 3. The Balaban J connectivity index is 1.81. The first-order valence-corrected chi connectivity index (χ1v) is 7.35. The van der Waals surface area contributed by atoms with Crippen molar-refractivity contribution in [3.63, 3.8) is 0 Å². The number of hydrogen-bond donors (Lipinski definition) is 2. The third-order valence-electron chi connectivity index (χ3n) is 3.25. The zero-order valence-electron chi connectivity index (χ0n) is 12.7. The summed E-state index contributed by atoms with van der Waals surface area (Å²) in [7, 11) is 0. The van der Waals surface area contributed by atoms with Crippen molar-refractivity contribution in [1.82, 2.24) is 5.32 Å². The zero-order valence-corrected chi connectivity index (χ0v) is 12.7. The lowest BCUT2D eigenvalue weighted by molar-refractivity contribution is 0.0916. The van der Waals surface area contributed by atoms with Crippen LogP contribution in [0.3, 0.4) is 0 Å². The standard InChI is InChI=1S/C19H19NO3/c1-2-12-23-18-10-8-16(9-11-18)19(22)20-14-17(21)13-15-6-4-3-5-7-15/h1,3-11,17,21H,12-14H2,(H,20,22). The van der Waals surface area contributed by atoms with Gasteiger partial charge >= 0.3 is 0 Å². The molecule has 0 aliphatic rings. The molecule has 0 heterocycles. The lowest BCUT2D eigenvalue weighted by Gasteiger charge is -2.12. The Labute approximate surface area is 136 Å². The molecule has 1 atom stereocenters. The first-order chi connectivity index (χ1) is 11.2. The van der Waals surface area contributed by atoms with Crippen LogP contribution in [0.15, 0.2) is 54.6 Å². The summed E-state index contributed by atoms with van der Waals surface area (Å²) in [5.74, 6) is 2.76.